The number of rotatable bonds is 1. The standard InChI is InChI=1S/C9H9N3OS/c1-12-8(10-11-9(12)14)6-2-4-7(13)5-3-6/h2-5,13H,1H3,(H,11,14). The summed E-state index contributed by atoms with van der Waals surface area (Å²) in [5, 5.41) is 15.9. The van der Waals surface area contributed by atoms with Crippen LogP contribution in [-0.2, 0) is 7.05 Å². The molecule has 2 aromatic rings. The van der Waals surface area contributed by atoms with Crippen LogP contribution in [0.4, 0.5) is 0 Å². The molecule has 0 aliphatic rings. The summed E-state index contributed by atoms with van der Waals surface area (Å²) in [7, 11) is 1.84. The van der Waals surface area contributed by atoms with Crippen LogP contribution in [0.1, 0.15) is 0 Å². The van der Waals surface area contributed by atoms with Crippen LogP contribution in [0.3, 0.4) is 0 Å². The average Bonchev–Trinajstić information content (AvgIpc) is 2.50. The van der Waals surface area contributed by atoms with E-state index in [0.29, 0.717) is 4.77 Å². The lowest BCUT2D eigenvalue weighted by Gasteiger charge is -1.99. The molecule has 0 unspecified atom stereocenters. The summed E-state index contributed by atoms with van der Waals surface area (Å²) in [5.74, 6) is 1.00. The molecule has 0 atom stereocenters. The first-order valence-electron chi connectivity index (χ1n) is 4.09. The Balaban J connectivity index is 2.55. The molecule has 0 amide bonds. The summed E-state index contributed by atoms with van der Waals surface area (Å²) >= 11 is 5.00. The Hall–Kier alpha value is -1.62. The zero-order valence-electron chi connectivity index (χ0n) is 7.56. The van der Waals surface area contributed by atoms with Gasteiger partial charge in [0.1, 0.15) is 5.75 Å². The molecule has 1 aromatic heterocycles. The van der Waals surface area contributed by atoms with E-state index in [2.05, 4.69) is 10.2 Å². The number of aromatic amines is 1. The number of phenols is 1. The fourth-order valence-electron chi connectivity index (χ4n) is 1.22. The van der Waals surface area contributed by atoms with Crippen LogP contribution >= 0.6 is 12.2 Å². The Morgan fingerprint density at radius 2 is 2.00 bits per heavy atom. The summed E-state index contributed by atoms with van der Waals surface area (Å²) in [4.78, 5) is 0. The summed E-state index contributed by atoms with van der Waals surface area (Å²) in [6, 6.07) is 6.82. The van der Waals surface area contributed by atoms with Crippen molar-refractivity contribution in [1.82, 2.24) is 14.8 Å². The quantitative estimate of drug-likeness (QED) is 0.702. The Bertz CT molecular complexity index is 498. The lowest BCUT2D eigenvalue weighted by Crippen LogP contribution is -1.91. The number of hydrogen-bond acceptors (Lipinski definition) is 3. The Morgan fingerprint density at radius 1 is 1.36 bits per heavy atom. The van der Waals surface area contributed by atoms with Gasteiger partial charge in [0.25, 0.3) is 0 Å². The molecule has 2 N–H and O–H groups in total. The van der Waals surface area contributed by atoms with Crippen LogP contribution in [0, 0.1) is 4.77 Å². The van der Waals surface area contributed by atoms with Gasteiger partial charge in [0.2, 0.25) is 0 Å². The van der Waals surface area contributed by atoms with E-state index < -0.39 is 0 Å². The minimum Gasteiger partial charge on any atom is -0.508 e. The molecule has 72 valence electrons. The molecule has 4 nitrogen and oxygen atoms in total. The summed E-state index contributed by atoms with van der Waals surface area (Å²) in [6.45, 7) is 0. The van der Waals surface area contributed by atoms with Gasteiger partial charge in [0.05, 0.1) is 0 Å². The molecular formula is C9H9N3OS. The second-order valence-electron chi connectivity index (χ2n) is 2.96. The summed E-state index contributed by atoms with van der Waals surface area (Å²) < 4.78 is 2.36. The predicted molar refractivity (Wildman–Crippen MR) is 55.5 cm³/mol. The topological polar surface area (TPSA) is 53.8 Å². The molecule has 14 heavy (non-hydrogen) atoms. The van der Waals surface area contributed by atoms with Gasteiger partial charge in [0, 0.05) is 12.6 Å². The van der Waals surface area contributed by atoms with E-state index in [9.17, 15) is 0 Å². The van der Waals surface area contributed by atoms with E-state index in [1.165, 1.54) is 0 Å². The first kappa shape index (κ1) is 8.96. The minimum absolute atomic E-state index is 0.241. The highest BCUT2D eigenvalue weighted by Gasteiger charge is 2.04. The molecule has 1 aromatic carbocycles. The van der Waals surface area contributed by atoms with Crippen molar-refractivity contribution in [3.05, 3.63) is 29.0 Å². The fourth-order valence-corrected chi connectivity index (χ4v) is 1.35. The highest BCUT2D eigenvalue weighted by Crippen LogP contribution is 2.18. The molecule has 0 radical (unpaired) electrons. The third-order valence-electron chi connectivity index (χ3n) is 2.01. The van der Waals surface area contributed by atoms with E-state index in [1.54, 1.807) is 28.8 Å². The maximum absolute atomic E-state index is 9.12. The lowest BCUT2D eigenvalue weighted by molar-refractivity contribution is 0.475. The van der Waals surface area contributed by atoms with E-state index in [1.807, 2.05) is 7.05 Å². The first-order chi connectivity index (χ1) is 6.68. The van der Waals surface area contributed by atoms with Gasteiger partial charge >= 0.3 is 0 Å². The highest BCUT2D eigenvalue weighted by molar-refractivity contribution is 7.71. The Morgan fingerprint density at radius 3 is 2.50 bits per heavy atom. The van der Waals surface area contributed by atoms with Crippen molar-refractivity contribution < 1.29 is 5.11 Å². The van der Waals surface area contributed by atoms with Gasteiger partial charge in [-0.3, -0.25) is 5.10 Å². The molecule has 0 saturated heterocycles. The van der Waals surface area contributed by atoms with E-state index >= 15 is 0 Å². The second kappa shape index (κ2) is 3.26. The smallest absolute Gasteiger partial charge is 0.195 e. The van der Waals surface area contributed by atoms with Gasteiger partial charge in [-0.25, -0.2) is 0 Å². The average molecular weight is 207 g/mol. The van der Waals surface area contributed by atoms with E-state index in [0.717, 1.165) is 11.4 Å². The van der Waals surface area contributed by atoms with Crippen molar-refractivity contribution in [1.29, 1.82) is 0 Å². The van der Waals surface area contributed by atoms with Gasteiger partial charge in [0.15, 0.2) is 10.6 Å². The first-order valence-corrected chi connectivity index (χ1v) is 4.50. The zero-order valence-corrected chi connectivity index (χ0v) is 8.38. The van der Waals surface area contributed by atoms with Crippen LogP contribution in [-0.4, -0.2) is 19.9 Å². The normalized spacial score (nSPS) is 10.4. The maximum Gasteiger partial charge on any atom is 0.195 e. The fraction of sp³-hybridized carbons (Fsp3) is 0.111. The van der Waals surface area contributed by atoms with Crippen LogP contribution in [0.15, 0.2) is 24.3 Å². The van der Waals surface area contributed by atoms with E-state index in [-0.39, 0.29) is 5.75 Å². The molecular weight excluding hydrogens is 198 g/mol. The number of benzene rings is 1. The SMILES string of the molecule is Cn1c(-c2ccc(O)cc2)n[nH]c1=S. The zero-order chi connectivity index (χ0) is 10.1. The van der Waals surface area contributed by atoms with Crippen molar-refractivity contribution in [3.8, 4) is 17.1 Å². The number of nitrogens with zero attached hydrogens (tertiary/aromatic N) is 2. The molecule has 0 aliphatic carbocycles. The molecule has 5 heteroatoms. The molecule has 2 rings (SSSR count). The molecule has 0 bridgehead atoms. The highest BCUT2D eigenvalue weighted by atomic mass is 32.1. The second-order valence-corrected chi connectivity index (χ2v) is 3.34. The number of hydrogen-bond donors (Lipinski definition) is 2. The van der Waals surface area contributed by atoms with Gasteiger partial charge in [-0.15, -0.1) is 0 Å². The summed E-state index contributed by atoms with van der Waals surface area (Å²) in [5.41, 5.74) is 0.914. The number of aromatic hydroxyl groups is 1. The monoisotopic (exact) mass is 207 g/mol. The van der Waals surface area contributed by atoms with Gasteiger partial charge in [-0.1, -0.05) is 0 Å². The summed E-state index contributed by atoms with van der Waals surface area (Å²) in [6.07, 6.45) is 0. The van der Waals surface area contributed by atoms with Gasteiger partial charge in [-0.05, 0) is 36.5 Å². The van der Waals surface area contributed by atoms with Crippen LogP contribution in [0.5, 0.6) is 5.75 Å². The van der Waals surface area contributed by atoms with Crippen molar-refractivity contribution in [3.63, 3.8) is 0 Å². The number of H-pyrrole nitrogens is 1. The van der Waals surface area contributed by atoms with E-state index in [4.69, 9.17) is 17.3 Å². The molecule has 0 spiro atoms. The number of nitrogens with one attached hydrogen (secondary N) is 1. The molecule has 0 aliphatic heterocycles. The largest absolute Gasteiger partial charge is 0.508 e. The minimum atomic E-state index is 0.241. The van der Waals surface area contributed by atoms with Crippen LogP contribution in [0.2, 0.25) is 0 Å². The van der Waals surface area contributed by atoms with Crippen LogP contribution in [0.25, 0.3) is 11.4 Å². The Labute approximate surface area is 85.8 Å². The van der Waals surface area contributed by atoms with Gasteiger partial charge in [-0.2, -0.15) is 5.10 Å². The third-order valence-corrected chi connectivity index (χ3v) is 2.37. The maximum atomic E-state index is 9.12. The van der Waals surface area contributed by atoms with Crippen molar-refractivity contribution in [2.75, 3.05) is 0 Å². The van der Waals surface area contributed by atoms with Crippen LogP contribution < -0.4 is 0 Å². The molecule has 1 heterocycles. The van der Waals surface area contributed by atoms with Crippen molar-refractivity contribution in [2.24, 2.45) is 7.05 Å². The lowest BCUT2D eigenvalue weighted by atomic mass is 10.2. The number of aromatic nitrogens is 3. The van der Waals surface area contributed by atoms with Crippen molar-refractivity contribution in [2.45, 2.75) is 0 Å². The number of phenolic OH excluding ortho intramolecular Hbond substituents is 1. The Kier molecular flexibility index (Phi) is 2.09. The third kappa shape index (κ3) is 1.42. The molecule has 0 fully saturated rings. The van der Waals surface area contributed by atoms with Crippen molar-refractivity contribution >= 4 is 12.2 Å². The molecule has 0 saturated carbocycles. The predicted octanol–water partition coefficient (Wildman–Crippen LogP) is 1.85. The van der Waals surface area contributed by atoms with Gasteiger partial charge < -0.3 is 9.67 Å².